The van der Waals surface area contributed by atoms with E-state index in [4.69, 9.17) is 4.84 Å². The van der Waals surface area contributed by atoms with E-state index in [-0.39, 0.29) is 0 Å². The summed E-state index contributed by atoms with van der Waals surface area (Å²) >= 11 is 0. The van der Waals surface area contributed by atoms with Crippen molar-refractivity contribution in [1.29, 1.82) is 0 Å². The van der Waals surface area contributed by atoms with Gasteiger partial charge in [-0.25, -0.2) is 4.79 Å². The monoisotopic (exact) mass is 251 g/mol. The van der Waals surface area contributed by atoms with E-state index >= 15 is 0 Å². The average Bonchev–Trinajstić information content (AvgIpc) is 2.89. The summed E-state index contributed by atoms with van der Waals surface area (Å²) in [6.07, 6.45) is 1.78. The third-order valence-corrected chi connectivity index (χ3v) is 3.21. The van der Waals surface area contributed by atoms with Crippen molar-refractivity contribution in [2.75, 3.05) is 0 Å². The van der Waals surface area contributed by atoms with Crippen LogP contribution >= 0.6 is 0 Å². The van der Waals surface area contributed by atoms with Gasteiger partial charge in [0.05, 0.1) is 11.3 Å². The molecule has 0 aromatic heterocycles. The first-order valence-corrected chi connectivity index (χ1v) is 6.26. The third-order valence-electron chi connectivity index (χ3n) is 3.21. The SMILES string of the molecule is O=C(O/N=C1\CCc2ccccc21)c1ccccc1. The average molecular weight is 251 g/mol. The molecular formula is C16H13NO2. The fourth-order valence-electron chi connectivity index (χ4n) is 2.23. The van der Waals surface area contributed by atoms with Gasteiger partial charge in [-0.05, 0) is 30.5 Å². The number of hydrogen-bond acceptors (Lipinski definition) is 3. The number of carbonyl (C=O) groups excluding carboxylic acids is 1. The smallest absolute Gasteiger partial charge is 0.313 e. The van der Waals surface area contributed by atoms with E-state index in [0.717, 1.165) is 24.1 Å². The summed E-state index contributed by atoms with van der Waals surface area (Å²) in [4.78, 5) is 16.8. The molecule has 0 saturated heterocycles. The summed E-state index contributed by atoms with van der Waals surface area (Å²) in [5.41, 5.74) is 3.71. The molecule has 0 fully saturated rings. The minimum atomic E-state index is -0.419. The molecule has 3 heteroatoms. The standard InChI is InChI=1S/C16H13NO2/c18-16(13-7-2-1-3-8-13)19-17-15-11-10-12-6-4-5-9-14(12)15/h1-9H,10-11H2/b17-15+. The van der Waals surface area contributed by atoms with Crippen LogP contribution in [-0.2, 0) is 11.3 Å². The predicted molar refractivity (Wildman–Crippen MR) is 73.2 cm³/mol. The van der Waals surface area contributed by atoms with Gasteiger partial charge in [-0.15, -0.1) is 0 Å². The molecule has 2 aromatic rings. The van der Waals surface area contributed by atoms with E-state index in [9.17, 15) is 4.79 Å². The molecule has 1 aliphatic rings. The van der Waals surface area contributed by atoms with Gasteiger partial charge in [0.2, 0.25) is 0 Å². The van der Waals surface area contributed by atoms with E-state index in [1.165, 1.54) is 5.56 Å². The summed E-state index contributed by atoms with van der Waals surface area (Å²) in [5, 5.41) is 4.01. The molecule has 2 aromatic carbocycles. The van der Waals surface area contributed by atoms with Crippen molar-refractivity contribution >= 4 is 11.7 Å². The van der Waals surface area contributed by atoms with Gasteiger partial charge in [-0.2, -0.15) is 0 Å². The molecule has 3 rings (SSSR count). The van der Waals surface area contributed by atoms with Crippen molar-refractivity contribution in [3.63, 3.8) is 0 Å². The Bertz CT molecular complexity index is 632. The van der Waals surface area contributed by atoms with Crippen LogP contribution in [0.2, 0.25) is 0 Å². The lowest BCUT2D eigenvalue weighted by molar-refractivity contribution is 0.0516. The summed E-state index contributed by atoms with van der Waals surface area (Å²) in [7, 11) is 0. The minimum Gasteiger partial charge on any atom is -0.313 e. The number of rotatable bonds is 2. The highest BCUT2D eigenvalue weighted by Gasteiger charge is 2.18. The molecule has 0 N–H and O–H groups in total. The summed E-state index contributed by atoms with van der Waals surface area (Å²) in [6, 6.07) is 17.0. The van der Waals surface area contributed by atoms with E-state index in [0.29, 0.717) is 5.56 Å². The molecule has 0 heterocycles. The Morgan fingerprint density at radius 3 is 2.53 bits per heavy atom. The van der Waals surface area contributed by atoms with Gasteiger partial charge in [0.1, 0.15) is 0 Å². The van der Waals surface area contributed by atoms with Gasteiger partial charge in [-0.3, -0.25) is 0 Å². The lowest BCUT2D eigenvalue weighted by atomic mass is 10.1. The first-order valence-electron chi connectivity index (χ1n) is 6.26. The number of carbonyl (C=O) groups is 1. The zero-order valence-electron chi connectivity index (χ0n) is 10.4. The maximum atomic E-state index is 11.8. The maximum Gasteiger partial charge on any atom is 0.365 e. The molecule has 0 bridgehead atoms. The van der Waals surface area contributed by atoms with Crippen LogP contribution < -0.4 is 0 Å². The zero-order valence-corrected chi connectivity index (χ0v) is 10.4. The Balaban J connectivity index is 1.77. The molecule has 19 heavy (non-hydrogen) atoms. The highest BCUT2D eigenvalue weighted by Crippen LogP contribution is 2.22. The fourth-order valence-corrected chi connectivity index (χ4v) is 2.23. The molecule has 3 nitrogen and oxygen atoms in total. The number of aryl methyl sites for hydroxylation is 1. The molecule has 0 spiro atoms. The summed E-state index contributed by atoms with van der Waals surface area (Å²) < 4.78 is 0. The Morgan fingerprint density at radius 2 is 1.68 bits per heavy atom. The fraction of sp³-hybridized carbons (Fsp3) is 0.125. The Labute approximate surface area is 111 Å². The van der Waals surface area contributed by atoms with Gasteiger partial charge in [-0.1, -0.05) is 47.6 Å². The predicted octanol–water partition coefficient (Wildman–Crippen LogP) is 3.19. The lowest BCUT2D eigenvalue weighted by Gasteiger charge is -2.00. The van der Waals surface area contributed by atoms with Crippen molar-refractivity contribution < 1.29 is 9.63 Å². The number of hydrogen-bond donors (Lipinski definition) is 0. The Hall–Kier alpha value is -2.42. The molecule has 1 aliphatic carbocycles. The van der Waals surface area contributed by atoms with Crippen LogP contribution in [0.1, 0.15) is 27.9 Å². The van der Waals surface area contributed by atoms with Gasteiger partial charge in [0.25, 0.3) is 0 Å². The second-order valence-corrected chi connectivity index (χ2v) is 4.44. The molecule has 0 amide bonds. The van der Waals surface area contributed by atoms with E-state index < -0.39 is 5.97 Å². The molecule has 0 saturated carbocycles. The van der Waals surface area contributed by atoms with E-state index in [1.54, 1.807) is 24.3 Å². The van der Waals surface area contributed by atoms with Crippen LogP contribution in [0.25, 0.3) is 0 Å². The Morgan fingerprint density at radius 1 is 0.947 bits per heavy atom. The van der Waals surface area contributed by atoms with Crippen LogP contribution in [0.4, 0.5) is 0 Å². The third kappa shape index (κ3) is 2.40. The largest absolute Gasteiger partial charge is 0.365 e. The van der Waals surface area contributed by atoms with Crippen LogP contribution in [0, 0.1) is 0 Å². The molecule has 0 atom stereocenters. The lowest BCUT2D eigenvalue weighted by Crippen LogP contribution is -2.03. The minimum absolute atomic E-state index is 0.419. The number of nitrogens with zero attached hydrogens (tertiary/aromatic N) is 1. The van der Waals surface area contributed by atoms with E-state index in [1.807, 2.05) is 24.3 Å². The first kappa shape index (κ1) is 11.7. The van der Waals surface area contributed by atoms with E-state index in [2.05, 4.69) is 11.2 Å². The van der Waals surface area contributed by atoms with Gasteiger partial charge in [0.15, 0.2) is 0 Å². The molecular weight excluding hydrogens is 238 g/mol. The zero-order chi connectivity index (χ0) is 13.1. The first-order chi connectivity index (χ1) is 9.34. The molecule has 0 aliphatic heterocycles. The highest BCUT2D eigenvalue weighted by atomic mass is 16.7. The Kier molecular flexibility index (Phi) is 3.11. The molecule has 0 unspecified atom stereocenters. The molecule has 0 radical (unpaired) electrons. The van der Waals surface area contributed by atoms with Crippen LogP contribution in [0.5, 0.6) is 0 Å². The summed E-state index contributed by atoms with van der Waals surface area (Å²) in [6.45, 7) is 0. The quantitative estimate of drug-likeness (QED) is 0.607. The van der Waals surface area contributed by atoms with Gasteiger partial charge < -0.3 is 4.84 Å². The molecule has 94 valence electrons. The van der Waals surface area contributed by atoms with Crippen molar-refractivity contribution in [3.05, 3.63) is 71.3 Å². The van der Waals surface area contributed by atoms with Crippen LogP contribution in [0.3, 0.4) is 0 Å². The normalized spacial score (nSPS) is 15.3. The maximum absolute atomic E-state index is 11.8. The summed E-state index contributed by atoms with van der Waals surface area (Å²) in [5.74, 6) is -0.419. The second kappa shape index (κ2) is 5.06. The van der Waals surface area contributed by atoms with Crippen molar-refractivity contribution in [1.82, 2.24) is 0 Å². The number of fused-ring (bicyclic) bond motifs is 1. The van der Waals surface area contributed by atoms with Crippen molar-refractivity contribution in [3.8, 4) is 0 Å². The van der Waals surface area contributed by atoms with Crippen LogP contribution in [-0.4, -0.2) is 11.7 Å². The van der Waals surface area contributed by atoms with Crippen LogP contribution in [0.15, 0.2) is 59.8 Å². The topological polar surface area (TPSA) is 38.7 Å². The van der Waals surface area contributed by atoms with Gasteiger partial charge >= 0.3 is 5.97 Å². The highest BCUT2D eigenvalue weighted by molar-refractivity contribution is 6.04. The number of benzene rings is 2. The number of oxime groups is 1. The van der Waals surface area contributed by atoms with Crippen molar-refractivity contribution in [2.45, 2.75) is 12.8 Å². The second-order valence-electron chi connectivity index (χ2n) is 4.44. The van der Waals surface area contributed by atoms with Gasteiger partial charge in [0, 0.05) is 5.56 Å². The van der Waals surface area contributed by atoms with Crippen molar-refractivity contribution in [2.24, 2.45) is 5.16 Å².